The first-order valence-electron chi connectivity index (χ1n) is 7.24. The summed E-state index contributed by atoms with van der Waals surface area (Å²) in [5.74, 6) is 1.10. The van der Waals surface area contributed by atoms with Crippen LogP contribution in [0.2, 0.25) is 0 Å². The average molecular weight is 330 g/mol. The van der Waals surface area contributed by atoms with Crippen LogP contribution in [0.5, 0.6) is 23.0 Å². The van der Waals surface area contributed by atoms with Gasteiger partial charge >= 0.3 is 5.97 Å². The quantitative estimate of drug-likeness (QED) is 0.730. The van der Waals surface area contributed by atoms with Crippen LogP contribution in [0.25, 0.3) is 0 Å². The van der Waals surface area contributed by atoms with Crippen molar-refractivity contribution in [3.63, 3.8) is 0 Å². The van der Waals surface area contributed by atoms with E-state index in [1.54, 1.807) is 12.1 Å². The highest BCUT2D eigenvalue weighted by atomic mass is 16.6. The Kier molecular flexibility index (Phi) is 10.4. The summed E-state index contributed by atoms with van der Waals surface area (Å²) < 4.78 is 25.5. The van der Waals surface area contributed by atoms with Crippen molar-refractivity contribution in [3.8, 4) is 23.0 Å². The Morgan fingerprint density at radius 2 is 1.52 bits per heavy atom. The predicted molar refractivity (Wildman–Crippen MR) is 85.6 cm³/mol. The van der Waals surface area contributed by atoms with Crippen molar-refractivity contribution in [2.24, 2.45) is 0 Å². The summed E-state index contributed by atoms with van der Waals surface area (Å²) in [5.41, 5.74) is 0. The molecule has 1 unspecified atom stereocenters. The van der Waals surface area contributed by atoms with Gasteiger partial charge in [0.1, 0.15) is 6.61 Å². The van der Waals surface area contributed by atoms with Gasteiger partial charge in [0.05, 0.1) is 41.0 Å². The number of methoxy groups -OCH3 is 4. The van der Waals surface area contributed by atoms with Crippen LogP contribution < -0.4 is 18.9 Å². The zero-order valence-corrected chi connectivity index (χ0v) is 14.5. The highest BCUT2D eigenvalue weighted by molar-refractivity contribution is 5.69. The lowest BCUT2D eigenvalue weighted by molar-refractivity contribution is -0.143. The van der Waals surface area contributed by atoms with Gasteiger partial charge in [0.25, 0.3) is 0 Å². The molecule has 23 heavy (non-hydrogen) atoms. The fraction of sp³-hybridized carbons (Fsp3) is 0.562. The van der Waals surface area contributed by atoms with E-state index in [-0.39, 0.29) is 13.0 Å². The smallest absolute Gasteiger partial charge is 0.308 e. The highest BCUT2D eigenvalue weighted by Gasteiger charge is 2.18. The normalized spacial score (nSPS) is 10.7. The molecule has 0 saturated heterocycles. The Balaban J connectivity index is 0.00000232. The van der Waals surface area contributed by atoms with Gasteiger partial charge in [-0.3, -0.25) is 4.79 Å². The molecule has 0 fully saturated rings. The molecular weight excluding hydrogens is 304 g/mol. The topological polar surface area (TPSA) is 83.5 Å². The van der Waals surface area contributed by atoms with Crippen LogP contribution in [0.3, 0.4) is 0 Å². The molecule has 0 saturated carbocycles. The molecule has 0 spiro atoms. The summed E-state index contributed by atoms with van der Waals surface area (Å²) in [7, 11) is 5.72. The summed E-state index contributed by atoms with van der Waals surface area (Å²) in [5, 5.41) is 9.68. The van der Waals surface area contributed by atoms with E-state index in [1.807, 2.05) is 13.8 Å². The second kappa shape index (κ2) is 11.4. The van der Waals surface area contributed by atoms with Crippen molar-refractivity contribution in [3.05, 3.63) is 12.1 Å². The van der Waals surface area contributed by atoms with Crippen LogP contribution in [0.1, 0.15) is 20.3 Å². The van der Waals surface area contributed by atoms with Crippen molar-refractivity contribution in [2.45, 2.75) is 26.4 Å². The summed E-state index contributed by atoms with van der Waals surface area (Å²) >= 11 is 0. The van der Waals surface area contributed by atoms with Gasteiger partial charge in [-0.1, -0.05) is 13.8 Å². The number of benzene rings is 1. The second-order valence-corrected chi connectivity index (χ2v) is 4.08. The molecule has 132 valence electrons. The first-order valence-corrected chi connectivity index (χ1v) is 7.24. The molecule has 0 bridgehead atoms. The molecular formula is C16H26O7. The van der Waals surface area contributed by atoms with E-state index in [1.165, 1.54) is 28.4 Å². The van der Waals surface area contributed by atoms with E-state index < -0.39 is 12.1 Å². The van der Waals surface area contributed by atoms with E-state index in [2.05, 4.69) is 4.74 Å². The fourth-order valence-corrected chi connectivity index (χ4v) is 1.71. The maximum absolute atomic E-state index is 11.0. The third-order valence-electron chi connectivity index (χ3n) is 2.73. The number of rotatable bonds is 8. The van der Waals surface area contributed by atoms with Crippen LogP contribution >= 0.6 is 0 Å². The number of carbonyl (C=O) groups is 1. The van der Waals surface area contributed by atoms with Gasteiger partial charge in [0.15, 0.2) is 11.5 Å². The summed E-state index contributed by atoms with van der Waals surface area (Å²) in [6.45, 7) is 3.92. The lowest BCUT2D eigenvalue weighted by Gasteiger charge is -2.17. The SMILES string of the molecule is CC.COC(=O)CC(O)COc1ccc(OC)c(OC)c1OC. The van der Waals surface area contributed by atoms with Gasteiger partial charge in [0.2, 0.25) is 11.5 Å². The monoisotopic (exact) mass is 330 g/mol. The molecule has 0 amide bonds. The summed E-state index contributed by atoms with van der Waals surface area (Å²) in [6, 6.07) is 3.29. The van der Waals surface area contributed by atoms with Gasteiger partial charge in [-0.05, 0) is 12.1 Å². The molecule has 1 rings (SSSR count). The molecule has 0 heterocycles. The molecule has 1 aromatic carbocycles. The zero-order valence-electron chi connectivity index (χ0n) is 14.5. The number of esters is 1. The van der Waals surface area contributed by atoms with Crippen LogP contribution in [0.15, 0.2) is 12.1 Å². The first-order chi connectivity index (χ1) is 11.1. The summed E-state index contributed by atoms with van der Waals surface area (Å²) in [4.78, 5) is 11.0. The fourth-order valence-electron chi connectivity index (χ4n) is 1.71. The number of aliphatic hydroxyl groups is 1. The maximum Gasteiger partial charge on any atom is 0.308 e. The molecule has 0 aliphatic heterocycles. The Hall–Kier alpha value is -2.15. The van der Waals surface area contributed by atoms with Crippen LogP contribution in [-0.2, 0) is 9.53 Å². The zero-order chi connectivity index (χ0) is 17.8. The van der Waals surface area contributed by atoms with Crippen molar-refractivity contribution >= 4 is 5.97 Å². The van der Waals surface area contributed by atoms with E-state index in [4.69, 9.17) is 18.9 Å². The third kappa shape index (κ3) is 6.23. The van der Waals surface area contributed by atoms with Gasteiger partial charge in [-0.15, -0.1) is 0 Å². The minimum absolute atomic E-state index is 0.0824. The minimum atomic E-state index is -0.977. The molecule has 0 aliphatic carbocycles. The van der Waals surface area contributed by atoms with E-state index >= 15 is 0 Å². The molecule has 0 radical (unpaired) electrons. The molecule has 7 heteroatoms. The standard InChI is InChI=1S/C14H20O7.C2H6/c1-17-10-5-6-11(14(20-4)13(10)19-3)21-8-9(15)7-12(16)18-2;1-2/h5-6,9,15H,7-8H2,1-4H3;1-2H3. The number of hydrogen-bond donors (Lipinski definition) is 1. The molecule has 0 aliphatic rings. The maximum atomic E-state index is 11.0. The Morgan fingerprint density at radius 3 is 2.00 bits per heavy atom. The Morgan fingerprint density at radius 1 is 1.00 bits per heavy atom. The number of ether oxygens (including phenoxy) is 5. The van der Waals surface area contributed by atoms with Crippen molar-refractivity contribution in [2.75, 3.05) is 35.0 Å². The highest BCUT2D eigenvalue weighted by Crippen LogP contribution is 2.43. The molecule has 7 nitrogen and oxygen atoms in total. The molecule has 1 aromatic rings. The predicted octanol–water partition coefficient (Wildman–Crippen LogP) is 2.04. The Labute approximate surface area is 137 Å². The number of carbonyl (C=O) groups excluding carboxylic acids is 1. The number of aliphatic hydroxyl groups excluding tert-OH is 1. The first kappa shape index (κ1) is 20.9. The molecule has 1 N–H and O–H groups in total. The lowest BCUT2D eigenvalue weighted by Crippen LogP contribution is -2.22. The Bertz CT molecular complexity index is 474. The van der Waals surface area contributed by atoms with Gasteiger partial charge < -0.3 is 28.8 Å². The average Bonchev–Trinajstić information content (AvgIpc) is 2.60. The van der Waals surface area contributed by atoms with Gasteiger partial charge in [-0.2, -0.15) is 0 Å². The van der Waals surface area contributed by atoms with E-state index in [9.17, 15) is 9.90 Å². The van der Waals surface area contributed by atoms with Crippen molar-refractivity contribution in [1.29, 1.82) is 0 Å². The van der Waals surface area contributed by atoms with Crippen LogP contribution in [0, 0.1) is 0 Å². The third-order valence-corrected chi connectivity index (χ3v) is 2.73. The van der Waals surface area contributed by atoms with Gasteiger partial charge in [-0.25, -0.2) is 0 Å². The summed E-state index contributed by atoms with van der Waals surface area (Å²) in [6.07, 6.45) is -1.12. The molecule has 0 aromatic heterocycles. The lowest BCUT2D eigenvalue weighted by atomic mass is 10.2. The van der Waals surface area contributed by atoms with E-state index in [0.717, 1.165) is 0 Å². The van der Waals surface area contributed by atoms with Crippen molar-refractivity contribution in [1.82, 2.24) is 0 Å². The van der Waals surface area contributed by atoms with Crippen LogP contribution in [-0.4, -0.2) is 52.2 Å². The second-order valence-electron chi connectivity index (χ2n) is 4.08. The van der Waals surface area contributed by atoms with E-state index in [0.29, 0.717) is 23.0 Å². The van der Waals surface area contributed by atoms with Gasteiger partial charge in [0, 0.05) is 0 Å². The van der Waals surface area contributed by atoms with Crippen molar-refractivity contribution < 1.29 is 33.6 Å². The largest absolute Gasteiger partial charge is 0.493 e. The minimum Gasteiger partial charge on any atom is -0.493 e. The number of hydrogen-bond acceptors (Lipinski definition) is 7. The van der Waals surface area contributed by atoms with Crippen LogP contribution in [0.4, 0.5) is 0 Å². The molecule has 1 atom stereocenters.